The van der Waals surface area contributed by atoms with E-state index in [4.69, 9.17) is 4.74 Å². The van der Waals surface area contributed by atoms with Gasteiger partial charge in [0.15, 0.2) is 0 Å². The van der Waals surface area contributed by atoms with E-state index >= 15 is 0 Å². The summed E-state index contributed by atoms with van der Waals surface area (Å²) in [6.07, 6.45) is 2.50. The summed E-state index contributed by atoms with van der Waals surface area (Å²) in [4.78, 5) is 11.8. The van der Waals surface area contributed by atoms with Crippen molar-refractivity contribution in [3.8, 4) is 5.75 Å². The molecule has 0 aromatic heterocycles. The van der Waals surface area contributed by atoms with E-state index in [1.807, 2.05) is 49.4 Å². The molecule has 0 saturated carbocycles. The van der Waals surface area contributed by atoms with Gasteiger partial charge in [-0.2, -0.15) is 0 Å². The molecule has 5 nitrogen and oxygen atoms in total. The zero-order chi connectivity index (χ0) is 17.4. The Morgan fingerprint density at radius 2 is 1.84 bits per heavy atom. The second kappa shape index (κ2) is 6.02. The zero-order valence-electron chi connectivity index (χ0n) is 14.0. The molecule has 2 aromatic rings. The lowest BCUT2D eigenvalue weighted by molar-refractivity contribution is -0.115. The van der Waals surface area contributed by atoms with Crippen LogP contribution < -0.4 is 20.5 Å². The molecular formula is C20H17N3O2. The third kappa shape index (κ3) is 2.54. The predicted molar refractivity (Wildman–Crippen MR) is 97.3 cm³/mol. The van der Waals surface area contributed by atoms with Crippen molar-refractivity contribution in [1.82, 2.24) is 0 Å². The number of methoxy groups -OCH3 is 1. The third-order valence-electron chi connectivity index (χ3n) is 4.37. The number of hydrogen-bond acceptors (Lipinski definition) is 4. The summed E-state index contributed by atoms with van der Waals surface area (Å²) < 4.78 is 5.21. The molecule has 0 radical (unpaired) electrons. The highest BCUT2D eigenvalue weighted by Crippen LogP contribution is 2.35. The van der Waals surface area contributed by atoms with Gasteiger partial charge in [0.2, 0.25) is 5.91 Å². The molecule has 0 unspecified atom stereocenters. The van der Waals surface area contributed by atoms with Crippen LogP contribution in [0.25, 0.3) is 17.5 Å². The van der Waals surface area contributed by atoms with E-state index in [0.29, 0.717) is 6.42 Å². The normalized spacial score (nSPS) is 14.2. The fourth-order valence-corrected chi connectivity index (χ4v) is 3.04. The van der Waals surface area contributed by atoms with E-state index in [2.05, 4.69) is 21.6 Å². The topological polar surface area (TPSA) is 63.0 Å². The van der Waals surface area contributed by atoms with Crippen molar-refractivity contribution in [2.75, 3.05) is 12.4 Å². The molecule has 1 amide bonds. The second-order valence-electron chi connectivity index (χ2n) is 5.85. The van der Waals surface area contributed by atoms with Gasteiger partial charge in [-0.1, -0.05) is 19.1 Å². The Morgan fingerprint density at radius 1 is 1.08 bits per heavy atom. The van der Waals surface area contributed by atoms with Gasteiger partial charge < -0.3 is 10.1 Å². The Bertz CT molecular complexity index is 1050. The molecule has 1 N–H and O–H groups in total. The van der Waals surface area contributed by atoms with Gasteiger partial charge >= 0.3 is 0 Å². The fourth-order valence-electron chi connectivity index (χ4n) is 3.04. The van der Waals surface area contributed by atoms with E-state index in [0.717, 1.165) is 44.4 Å². The first-order valence-electron chi connectivity index (χ1n) is 8.17. The molecule has 1 heterocycles. The number of fused-ring (bicyclic) bond motifs is 2. The van der Waals surface area contributed by atoms with E-state index < -0.39 is 0 Å². The van der Waals surface area contributed by atoms with E-state index in [1.165, 1.54) is 0 Å². The summed E-state index contributed by atoms with van der Waals surface area (Å²) in [5.41, 5.74) is 4.47. The summed E-state index contributed by atoms with van der Waals surface area (Å²) in [5, 5.41) is 13.7. The highest BCUT2D eigenvalue weighted by molar-refractivity contribution is 5.98. The number of nitrogens with one attached hydrogen (secondary N) is 1. The molecular weight excluding hydrogens is 314 g/mol. The first kappa shape index (κ1) is 15.3. The Hall–Kier alpha value is -3.21. The molecule has 124 valence electrons. The summed E-state index contributed by atoms with van der Waals surface area (Å²) >= 11 is 0. The van der Waals surface area contributed by atoms with Gasteiger partial charge in [-0.3, -0.25) is 4.79 Å². The largest absolute Gasteiger partial charge is 0.497 e. The highest BCUT2D eigenvalue weighted by Gasteiger charge is 2.23. The SMILES string of the molecule is CCC(=O)Nc1cccc2c1=CC1=C(c3ccc(OC)cc3)N=NC=21. The van der Waals surface area contributed by atoms with E-state index in [-0.39, 0.29) is 5.91 Å². The predicted octanol–water partition coefficient (Wildman–Crippen LogP) is 2.82. The van der Waals surface area contributed by atoms with Gasteiger partial charge in [-0.05, 0) is 36.4 Å². The monoisotopic (exact) mass is 331 g/mol. The van der Waals surface area contributed by atoms with Crippen molar-refractivity contribution >= 4 is 29.1 Å². The average molecular weight is 331 g/mol. The fraction of sp³-hybridized carbons (Fsp3) is 0.150. The summed E-state index contributed by atoms with van der Waals surface area (Å²) in [6, 6.07) is 13.6. The average Bonchev–Trinajstić information content (AvgIpc) is 3.22. The second-order valence-corrected chi connectivity index (χ2v) is 5.85. The van der Waals surface area contributed by atoms with Gasteiger partial charge in [0.05, 0.1) is 7.11 Å². The van der Waals surface area contributed by atoms with Gasteiger partial charge in [0.1, 0.15) is 17.1 Å². The minimum Gasteiger partial charge on any atom is -0.497 e. The van der Waals surface area contributed by atoms with Crippen LogP contribution in [0.1, 0.15) is 18.9 Å². The number of rotatable bonds is 4. The number of azo groups is 1. The molecule has 1 aliphatic heterocycles. The molecule has 4 rings (SSSR count). The number of carbonyl (C=O) groups excluding carboxylic acids is 1. The molecule has 0 fully saturated rings. The van der Waals surface area contributed by atoms with Crippen LogP contribution in [0, 0.1) is 0 Å². The zero-order valence-corrected chi connectivity index (χ0v) is 14.0. The van der Waals surface area contributed by atoms with Crippen LogP contribution in [-0.2, 0) is 4.79 Å². The van der Waals surface area contributed by atoms with E-state index in [1.54, 1.807) is 7.11 Å². The number of nitrogens with zero attached hydrogens (tertiary/aromatic N) is 2. The molecule has 0 spiro atoms. The molecule has 0 saturated heterocycles. The van der Waals surface area contributed by atoms with Gasteiger partial charge in [0.25, 0.3) is 0 Å². The quantitative estimate of drug-likeness (QED) is 0.936. The van der Waals surface area contributed by atoms with Crippen molar-refractivity contribution in [3.05, 3.63) is 64.0 Å². The summed E-state index contributed by atoms with van der Waals surface area (Å²) in [6.45, 7) is 1.84. The lowest BCUT2D eigenvalue weighted by Gasteiger charge is -2.04. The molecule has 2 aliphatic rings. The Labute approximate surface area is 145 Å². The maximum absolute atomic E-state index is 11.8. The van der Waals surface area contributed by atoms with Crippen LogP contribution in [0.15, 0.2) is 58.3 Å². The van der Waals surface area contributed by atoms with Crippen LogP contribution in [0.4, 0.5) is 5.69 Å². The highest BCUT2D eigenvalue weighted by atomic mass is 16.5. The van der Waals surface area contributed by atoms with Crippen LogP contribution in [-0.4, -0.2) is 13.0 Å². The van der Waals surface area contributed by atoms with Crippen molar-refractivity contribution in [2.45, 2.75) is 13.3 Å². The minimum absolute atomic E-state index is 0.00477. The smallest absolute Gasteiger partial charge is 0.224 e. The molecule has 25 heavy (non-hydrogen) atoms. The summed E-state index contributed by atoms with van der Waals surface area (Å²) in [7, 11) is 1.64. The third-order valence-corrected chi connectivity index (χ3v) is 4.37. The number of hydrogen-bond donors (Lipinski definition) is 1. The van der Waals surface area contributed by atoms with Gasteiger partial charge in [-0.25, -0.2) is 0 Å². The number of carbonyl (C=O) groups is 1. The molecule has 5 heteroatoms. The van der Waals surface area contributed by atoms with Crippen molar-refractivity contribution < 1.29 is 9.53 Å². The van der Waals surface area contributed by atoms with Crippen LogP contribution in [0.5, 0.6) is 5.75 Å². The van der Waals surface area contributed by atoms with Gasteiger partial charge in [0, 0.05) is 33.7 Å². The maximum atomic E-state index is 11.8. The van der Waals surface area contributed by atoms with Crippen LogP contribution in [0.3, 0.4) is 0 Å². The first-order chi connectivity index (χ1) is 12.2. The Morgan fingerprint density at radius 3 is 2.56 bits per heavy atom. The molecule has 2 aromatic carbocycles. The van der Waals surface area contributed by atoms with Crippen molar-refractivity contribution in [2.24, 2.45) is 10.2 Å². The Balaban J connectivity index is 1.84. The number of amides is 1. The lowest BCUT2D eigenvalue weighted by Crippen LogP contribution is -2.28. The molecule has 0 bridgehead atoms. The first-order valence-corrected chi connectivity index (χ1v) is 8.17. The van der Waals surface area contributed by atoms with Crippen LogP contribution >= 0.6 is 0 Å². The van der Waals surface area contributed by atoms with Gasteiger partial charge in [-0.15, -0.1) is 10.2 Å². The number of benzene rings is 2. The maximum Gasteiger partial charge on any atom is 0.224 e. The molecule has 1 aliphatic carbocycles. The van der Waals surface area contributed by atoms with Crippen molar-refractivity contribution in [3.63, 3.8) is 0 Å². The van der Waals surface area contributed by atoms with E-state index in [9.17, 15) is 4.79 Å². The number of ether oxygens (including phenoxy) is 1. The summed E-state index contributed by atoms with van der Waals surface area (Å²) in [5.74, 6) is 0.798. The standard InChI is InChI=1S/C20H17N3O2/c1-3-18(24)21-17-6-4-5-14-15(17)11-16-19(22-23-20(14)16)12-7-9-13(25-2)10-8-12/h4-11H,3H2,1-2H3,(H,21,24). The molecule has 0 atom stereocenters. The Kier molecular flexibility index (Phi) is 3.69. The van der Waals surface area contributed by atoms with Crippen LogP contribution in [0.2, 0.25) is 0 Å². The minimum atomic E-state index is -0.00477. The van der Waals surface area contributed by atoms with Crippen molar-refractivity contribution in [1.29, 1.82) is 0 Å². The number of anilines is 1. The lowest BCUT2D eigenvalue weighted by atomic mass is 10.1.